The second-order valence-electron chi connectivity index (χ2n) is 4.22. The molecule has 3 rings (SSSR count). The minimum atomic E-state index is 0.813. The van der Waals surface area contributed by atoms with Crippen molar-refractivity contribution in [2.75, 3.05) is 36.5 Å². The molecule has 94 valence electrons. The Balaban J connectivity index is 1.84. The van der Waals surface area contributed by atoms with Crippen LogP contribution in [0.4, 0.5) is 16.4 Å². The third-order valence-corrected chi connectivity index (χ3v) is 3.82. The number of thiophene rings is 1. The SMILES string of the molecule is c1csc(Nc2ccccc2N2CCOCC2)c1. The highest BCUT2D eigenvalue weighted by molar-refractivity contribution is 7.14. The van der Waals surface area contributed by atoms with Gasteiger partial charge >= 0.3 is 0 Å². The van der Waals surface area contributed by atoms with Crippen LogP contribution in [0.5, 0.6) is 0 Å². The van der Waals surface area contributed by atoms with Gasteiger partial charge in [-0.05, 0) is 29.6 Å². The monoisotopic (exact) mass is 260 g/mol. The fourth-order valence-electron chi connectivity index (χ4n) is 2.14. The molecule has 0 radical (unpaired) electrons. The summed E-state index contributed by atoms with van der Waals surface area (Å²) < 4.78 is 5.41. The molecule has 1 saturated heterocycles. The topological polar surface area (TPSA) is 24.5 Å². The maximum absolute atomic E-state index is 5.41. The summed E-state index contributed by atoms with van der Waals surface area (Å²) in [5, 5.41) is 6.75. The Morgan fingerprint density at radius 3 is 2.67 bits per heavy atom. The lowest BCUT2D eigenvalue weighted by Crippen LogP contribution is -2.36. The molecule has 0 aliphatic carbocycles. The third-order valence-electron chi connectivity index (χ3n) is 3.03. The van der Waals surface area contributed by atoms with Crippen molar-refractivity contribution in [2.45, 2.75) is 0 Å². The number of benzene rings is 1. The smallest absolute Gasteiger partial charge is 0.0927 e. The molecule has 0 unspecified atom stereocenters. The Kier molecular flexibility index (Phi) is 3.48. The molecule has 2 heterocycles. The molecule has 4 heteroatoms. The van der Waals surface area contributed by atoms with Crippen molar-refractivity contribution in [1.82, 2.24) is 0 Å². The number of ether oxygens (including phenoxy) is 1. The lowest BCUT2D eigenvalue weighted by Gasteiger charge is -2.30. The highest BCUT2D eigenvalue weighted by Gasteiger charge is 2.14. The van der Waals surface area contributed by atoms with Crippen LogP contribution in [0.25, 0.3) is 0 Å². The van der Waals surface area contributed by atoms with Gasteiger partial charge in [-0.1, -0.05) is 12.1 Å². The van der Waals surface area contributed by atoms with Gasteiger partial charge in [0.15, 0.2) is 0 Å². The van der Waals surface area contributed by atoms with Crippen LogP contribution < -0.4 is 10.2 Å². The number of para-hydroxylation sites is 2. The van der Waals surface area contributed by atoms with Crippen molar-refractivity contribution in [3.63, 3.8) is 0 Å². The average Bonchev–Trinajstić information content (AvgIpc) is 2.93. The summed E-state index contributed by atoms with van der Waals surface area (Å²) in [6.07, 6.45) is 0. The largest absolute Gasteiger partial charge is 0.378 e. The minimum absolute atomic E-state index is 0.813. The molecule has 2 aromatic rings. The molecule has 1 fully saturated rings. The summed E-state index contributed by atoms with van der Waals surface area (Å²) in [7, 11) is 0. The lowest BCUT2D eigenvalue weighted by molar-refractivity contribution is 0.123. The minimum Gasteiger partial charge on any atom is -0.378 e. The molecule has 0 atom stereocenters. The summed E-state index contributed by atoms with van der Waals surface area (Å²) in [6.45, 7) is 3.55. The summed E-state index contributed by atoms with van der Waals surface area (Å²) in [4.78, 5) is 2.37. The van der Waals surface area contributed by atoms with Gasteiger partial charge in [0, 0.05) is 13.1 Å². The maximum atomic E-state index is 5.41. The number of morpholine rings is 1. The van der Waals surface area contributed by atoms with E-state index in [9.17, 15) is 0 Å². The number of hydrogen-bond acceptors (Lipinski definition) is 4. The van der Waals surface area contributed by atoms with Gasteiger partial charge in [-0.3, -0.25) is 0 Å². The summed E-state index contributed by atoms with van der Waals surface area (Å²) in [5.41, 5.74) is 2.43. The molecule has 0 spiro atoms. The number of rotatable bonds is 3. The van der Waals surface area contributed by atoms with E-state index in [0.717, 1.165) is 26.3 Å². The molecule has 3 nitrogen and oxygen atoms in total. The first-order chi connectivity index (χ1) is 8.93. The van der Waals surface area contributed by atoms with Crippen LogP contribution in [0.1, 0.15) is 0 Å². The Morgan fingerprint density at radius 1 is 1.06 bits per heavy atom. The molecule has 1 aliphatic heterocycles. The summed E-state index contributed by atoms with van der Waals surface area (Å²) in [6, 6.07) is 12.6. The first-order valence-electron chi connectivity index (χ1n) is 6.16. The molecule has 1 aromatic carbocycles. The average molecular weight is 260 g/mol. The molecular formula is C14H16N2OS. The highest BCUT2D eigenvalue weighted by Crippen LogP contribution is 2.30. The third kappa shape index (κ3) is 2.49. The molecule has 0 bridgehead atoms. The van der Waals surface area contributed by atoms with E-state index in [-0.39, 0.29) is 0 Å². The molecule has 0 amide bonds. The fraction of sp³-hybridized carbons (Fsp3) is 0.286. The number of nitrogens with zero attached hydrogens (tertiary/aromatic N) is 1. The van der Waals surface area contributed by atoms with E-state index in [4.69, 9.17) is 4.74 Å². The zero-order valence-electron chi connectivity index (χ0n) is 10.1. The van der Waals surface area contributed by atoms with Gasteiger partial charge in [0.25, 0.3) is 0 Å². The van der Waals surface area contributed by atoms with Gasteiger partial charge in [0.2, 0.25) is 0 Å². The quantitative estimate of drug-likeness (QED) is 0.916. The Hall–Kier alpha value is -1.52. The van der Waals surface area contributed by atoms with E-state index in [1.807, 2.05) is 0 Å². The molecule has 18 heavy (non-hydrogen) atoms. The molecule has 1 aromatic heterocycles. The highest BCUT2D eigenvalue weighted by atomic mass is 32.1. The van der Waals surface area contributed by atoms with Crippen LogP contribution in [-0.4, -0.2) is 26.3 Å². The van der Waals surface area contributed by atoms with Crippen LogP contribution >= 0.6 is 11.3 Å². The van der Waals surface area contributed by atoms with E-state index >= 15 is 0 Å². The lowest BCUT2D eigenvalue weighted by atomic mass is 10.2. The van der Waals surface area contributed by atoms with Gasteiger partial charge in [-0.15, -0.1) is 11.3 Å². The van der Waals surface area contributed by atoms with Crippen molar-refractivity contribution in [2.24, 2.45) is 0 Å². The van der Waals surface area contributed by atoms with Crippen molar-refractivity contribution in [3.8, 4) is 0 Å². The van der Waals surface area contributed by atoms with E-state index < -0.39 is 0 Å². The first-order valence-corrected chi connectivity index (χ1v) is 7.04. The number of hydrogen-bond donors (Lipinski definition) is 1. The number of nitrogens with one attached hydrogen (secondary N) is 1. The second kappa shape index (κ2) is 5.42. The van der Waals surface area contributed by atoms with Crippen LogP contribution in [0.3, 0.4) is 0 Å². The molecule has 1 aliphatic rings. The fourth-order valence-corrected chi connectivity index (χ4v) is 2.77. The standard InChI is InChI=1S/C14H16N2OS/c1-2-5-13(16-7-9-17-10-8-16)12(4-1)15-14-6-3-11-18-14/h1-6,11,15H,7-10H2. The van der Waals surface area contributed by atoms with E-state index in [1.54, 1.807) is 11.3 Å². The predicted octanol–water partition coefficient (Wildman–Crippen LogP) is 3.33. The molecule has 1 N–H and O–H groups in total. The first kappa shape index (κ1) is 11.6. The number of anilines is 3. The van der Waals surface area contributed by atoms with Crippen LogP contribution in [0, 0.1) is 0 Å². The van der Waals surface area contributed by atoms with E-state index in [2.05, 4.69) is 52.0 Å². The van der Waals surface area contributed by atoms with Crippen molar-refractivity contribution in [1.29, 1.82) is 0 Å². The summed E-state index contributed by atoms with van der Waals surface area (Å²) in [5.74, 6) is 0. The van der Waals surface area contributed by atoms with Crippen molar-refractivity contribution >= 4 is 27.7 Å². The van der Waals surface area contributed by atoms with E-state index in [0.29, 0.717) is 0 Å². The van der Waals surface area contributed by atoms with Crippen LogP contribution in [0.15, 0.2) is 41.8 Å². The Morgan fingerprint density at radius 2 is 1.89 bits per heavy atom. The zero-order valence-corrected chi connectivity index (χ0v) is 11.0. The van der Waals surface area contributed by atoms with Gasteiger partial charge in [0.1, 0.15) is 0 Å². The Labute approximate surface area is 111 Å². The zero-order chi connectivity index (χ0) is 12.2. The Bertz CT molecular complexity index is 492. The maximum Gasteiger partial charge on any atom is 0.0927 e. The van der Waals surface area contributed by atoms with Gasteiger partial charge < -0.3 is 15.0 Å². The van der Waals surface area contributed by atoms with Gasteiger partial charge in [0.05, 0.1) is 29.6 Å². The van der Waals surface area contributed by atoms with Crippen molar-refractivity contribution in [3.05, 3.63) is 41.8 Å². The molecular weight excluding hydrogens is 244 g/mol. The second-order valence-corrected chi connectivity index (χ2v) is 5.17. The van der Waals surface area contributed by atoms with Crippen LogP contribution in [-0.2, 0) is 4.74 Å². The van der Waals surface area contributed by atoms with Crippen molar-refractivity contribution < 1.29 is 4.74 Å². The van der Waals surface area contributed by atoms with E-state index in [1.165, 1.54) is 16.4 Å². The van der Waals surface area contributed by atoms with Crippen LogP contribution in [0.2, 0.25) is 0 Å². The molecule has 0 saturated carbocycles. The predicted molar refractivity (Wildman–Crippen MR) is 77.1 cm³/mol. The van der Waals surface area contributed by atoms with Gasteiger partial charge in [-0.2, -0.15) is 0 Å². The normalized spacial score (nSPS) is 15.7. The van der Waals surface area contributed by atoms with Gasteiger partial charge in [-0.25, -0.2) is 0 Å². The summed E-state index contributed by atoms with van der Waals surface area (Å²) >= 11 is 1.72.